The molecule has 1 aromatic heterocycles. The van der Waals surface area contributed by atoms with Crippen LogP contribution in [0.4, 0.5) is 0 Å². The van der Waals surface area contributed by atoms with Gasteiger partial charge in [0.1, 0.15) is 18.1 Å². The van der Waals surface area contributed by atoms with Crippen LogP contribution in [0.2, 0.25) is 0 Å². The largest absolute Gasteiger partial charge is 0.496 e. The summed E-state index contributed by atoms with van der Waals surface area (Å²) in [5.74, 6) is 2.42. The lowest BCUT2D eigenvalue weighted by Crippen LogP contribution is -2.36. The van der Waals surface area contributed by atoms with E-state index in [0.717, 1.165) is 39.4 Å². The van der Waals surface area contributed by atoms with Crippen molar-refractivity contribution >= 4 is 5.96 Å². The van der Waals surface area contributed by atoms with Gasteiger partial charge in [0.15, 0.2) is 5.96 Å². The number of guanidine groups is 1. The van der Waals surface area contributed by atoms with E-state index in [9.17, 15) is 0 Å². The van der Waals surface area contributed by atoms with Gasteiger partial charge in [0.2, 0.25) is 0 Å². The van der Waals surface area contributed by atoms with Crippen LogP contribution in [0.15, 0.2) is 29.4 Å². The van der Waals surface area contributed by atoms with E-state index in [4.69, 9.17) is 14.2 Å². The molecule has 0 atom stereocenters. The van der Waals surface area contributed by atoms with E-state index in [2.05, 4.69) is 39.7 Å². The highest BCUT2D eigenvalue weighted by Gasteiger charge is 2.11. The third kappa shape index (κ3) is 6.62. The fraction of sp³-hybridized carbons (Fsp3) is 0.478. The number of benzene rings is 1. The molecule has 30 heavy (non-hydrogen) atoms. The summed E-state index contributed by atoms with van der Waals surface area (Å²) in [6, 6.07) is 6.20. The fourth-order valence-electron chi connectivity index (χ4n) is 3.11. The third-order valence-electron chi connectivity index (χ3n) is 4.75. The highest BCUT2D eigenvalue weighted by molar-refractivity contribution is 5.79. The zero-order valence-electron chi connectivity index (χ0n) is 19.0. The molecule has 0 aliphatic heterocycles. The lowest BCUT2D eigenvalue weighted by Gasteiger charge is -2.17. The van der Waals surface area contributed by atoms with E-state index >= 15 is 0 Å². The summed E-state index contributed by atoms with van der Waals surface area (Å²) in [7, 11) is 3.43. The van der Waals surface area contributed by atoms with Crippen molar-refractivity contribution in [2.24, 2.45) is 4.99 Å². The van der Waals surface area contributed by atoms with Crippen LogP contribution < -0.4 is 20.1 Å². The lowest BCUT2D eigenvalue weighted by molar-refractivity contribution is 0.110. The van der Waals surface area contributed by atoms with Crippen LogP contribution in [0.1, 0.15) is 34.9 Å². The number of aryl methyl sites for hydroxylation is 2. The Kier molecular flexibility index (Phi) is 9.41. The number of aromatic nitrogens is 1. The molecule has 0 unspecified atom stereocenters. The first-order valence-electron chi connectivity index (χ1n) is 10.2. The number of ether oxygens (including phenoxy) is 3. The van der Waals surface area contributed by atoms with E-state index in [1.54, 1.807) is 14.2 Å². The molecule has 2 rings (SSSR count). The summed E-state index contributed by atoms with van der Waals surface area (Å²) in [6.45, 7) is 11.0. The second-order valence-corrected chi connectivity index (χ2v) is 6.98. The first-order chi connectivity index (χ1) is 14.5. The predicted molar refractivity (Wildman–Crippen MR) is 120 cm³/mol. The Bertz CT molecular complexity index is 853. The summed E-state index contributed by atoms with van der Waals surface area (Å²) in [5.41, 5.74) is 5.20. The quantitative estimate of drug-likeness (QED) is 0.353. The van der Waals surface area contributed by atoms with Crippen LogP contribution in [0.5, 0.6) is 11.5 Å². The van der Waals surface area contributed by atoms with Crippen LogP contribution in [0.25, 0.3) is 0 Å². The molecule has 0 aliphatic carbocycles. The second kappa shape index (κ2) is 12.0. The summed E-state index contributed by atoms with van der Waals surface area (Å²) in [5, 5.41) is 6.66. The molecule has 1 aromatic carbocycles. The Morgan fingerprint density at radius 2 is 1.87 bits per heavy atom. The van der Waals surface area contributed by atoms with Crippen molar-refractivity contribution in [2.45, 2.75) is 40.8 Å². The van der Waals surface area contributed by atoms with Gasteiger partial charge in [0.25, 0.3) is 0 Å². The number of hydrogen-bond acceptors (Lipinski definition) is 5. The molecule has 0 bridgehead atoms. The van der Waals surface area contributed by atoms with Crippen molar-refractivity contribution in [3.05, 3.63) is 52.3 Å². The monoisotopic (exact) mass is 414 g/mol. The van der Waals surface area contributed by atoms with Crippen molar-refractivity contribution < 1.29 is 14.2 Å². The molecule has 0 saturated heterocycles. The van der Waals surface area contributed by atoms with Gasteiger partial charge in [0, 0.05) is 43.1 Å². The standard InChI is InChI=1S/C23H34N4O3/c1-7-29-10-11-30-21-12-16(2)8-9-19(21)14-26-23(24-5)27-15-20-18(4)22(28-6)17(3)13-25-20/h8-9,12-13H,7,10-11,14-15H2,1-6H3,(H2,24,26,27). The second-order valence-electron chi connectivity index (χ2n) is 6.98. The van der Waals surface area contributed by atoms with Crippen molar-refractivity contribution in [2.75, 3.05) is 34.0 Å². The van der Waals surface area contributed by atoms with E-state index in [1.165, 1.54) is 0 Å². The molecule has 2 N–H and O–H groups in total. The summed E-state index contributed by atoms with van der Waals surface area (Å²) in [6.07, 6.45) is 1.83. The number of nitrogens with one attached hydrogen (secondary N) is 2. The van der Waals surface area contributed by atoms with Gasteiger partial charge in [-0.1, -0.05) is 12.1 Å². The number of rotatable bonds is 10. The van der Waals surface area contributed by atoms with E-state index in [-0.39, 0.29) is 0 Å². The summed E-state index contributed by atoms with van der Waals surface area (Å²) in [4.78, 5) is 8.84. The SMILES string of the molecule is CCOCCOc1cc(C)ccc1CNC(=NC)NCc1ncc(C)c(OC)c1C. The predicted octanol–water partition coefficient (Wildman–Crippen LogP) is 3.30. The van der Waals surface area contributed by atoms with Crippen molar-refractivity contribution in [3.63, 3.8) is 0 Å². The number of aliphatic imine (C=N–C) groups is 1. The Balaban J connectivity index is 1.98. The van der Waals surface area contributed by atoms with Crippen LogP contribution in [0.3, 0.4) is 0 Å². The Hall–Kier alpha value is -2.80. The maximum Gasteiger partial charge on any atom is 0.191 e. The van der Waals surface area contributed by atoms with E-state index < -0.39 is 0 Å². The average molecular weight is 415 g/mol. The normalized spacial score (nSPS) is 11.3. The van der Waals surface area contributed by atoms with Gasteiger partial charge >= 0.3 is 0 Å². The van der Waals surface area contributed by atoms with Gasteiger partial charge < -0.3 is 24.8 Å². The van der Waals surface area contributed by atoms with Crippen molar-refractivity contribution in [1.29, 1.82) is 0 Å². The summed E-state index contributed by atoms with van der Waals surface area (Å²) < 4.78 is 16.8. The van der Waals surface area contributed by atoms with Crippen LogP contribution in [0, 0.1) is 20.8 Å². The van der Waals surface area contributed by atoms with E-state index in [1.807, 2.05) is 33.0 Å². The molecule has 0 aliphatic rings. The van der Waals surface area contributed by atoms with Gasteiger partial charge in [-0.25, -0.2) is 0 Å². The molecule has 0 fully saturated rings. The zero-order valence-corrected chi connectivity index (χ0v) is 19.0. The van der Waals surface area contributed by atoms with Gasteiger partial charge in [-0.05, 0) is 39.3 Å². The van der Waals surface area contributed by atoms with Gasteiger partial charge in [-0.3, -0.25) is 9.98 Å². The fourth-order valence-corrected chi connectivity index (χ4v) is 3.11. The molecule has 0 amide bonds. The first kappa shape index (κ1) is 23.5. The highest BCUT2D eigenvalue weighted by Crippen LogP contribution is 2.24. The van der Waals surface area contributed by atoms with Gasteiger partial charge in [0.05, 0.1) is 26.0 Å². The number of hydrogen-bond donors (Lipinski definition) is 2. The summed E-state index contributed by atoms with van der Waals surface area (Å²) >= 11 is 0. The minimum Gasteiger partial charge on any atom is -0.496 e. The maximum atomic E-state index is 5.92. The minimum absolute atomic E-state index is 0.525. The third-order valence-corrected chi connectivity index (χ3v) is 4.75. The molecule has 0 spiro atoms. The number of nitrogens with zero attached hydrogens (tertiary/aromatic N) is 2. The van der Waals surface area contributed by atoms with Gasteiger partial charge in [-0.15, -0.1) is 0 Å². The average Bonchev–Trinajstić information content (AvgIpc) is 2.74. The number of methoxy groups -OCH3 is 1. The lowest BCUT2D eigenvalue weighted by atomic mass is 10.1. The molecule has 1 heterocycles. The molecule has 7 nitrogen and oxygen atoms in total. The van der Waals surface area contributed by atoms with Crippen LogP contribution in [-0.4, -0.2) is 44.9 Å². The van der Waals surface area contributed by atoms with Crippen molar-refractivity contribution in [3.8, 4) is 11.5 Å². The van der Waals surface area contributed by atoms with Gasteiger partial charge in [-0.2, -0.15) is 0 Å². The molecule has 164 valence electrons. The molecule has 2 aromatic rings. The zero-order chi connectivity index (χ0) is 21.9. The van der Waals surface area contributed by atoms with E-state index in [0.29, 0.717) is 38.9 Å². The Morgan fingerprint density at radius 1 is 1.10 bits per heavy atom. The molecular weight excluding hydrogens is 380 g/mol. The number of pyridine rings is 1. The molecule has 0 saturated carbocycles. The highest BCUT2D eigenvalue weighted by atomic mass is 16.5. The Morgan fingerprint density at radius 3 is 2.57 bits per heavy atom. The van der Waals surface area contributed by atoms with Crippen LogP contribution in [-0.2, 0) is 17.8 Å². The maximum absolute atomic E-state index is 5.92. The van der Waals surface area contributed by atoms with Crippen LogP contribution >= 0.6 is 0 Å². The first-order valence-corrected chi connectivity index (χ1v) is 10.2. The van der Waals surface area contributed by atoms with Crippen molar-refractivity contribution in [1.82, 2.24) is 15.6 Å². The molecule has 0 radical (unpaired) electrons. The smallest absolute Gasteiger partial charge is 0.191 e. The molecular formula is C23H34N4O3. The topological polar surface area (TPSA) is 77.0 Å². The minimum atomic E-state index is 0.525. The Labute approximate surface area is 179 Å². The molecule has 7 heteroatoms.